The normalized spacial score (nSPS) is 10.5. The van der Waals surface area contributed by atoms with Gasteiger partial charge in [0, 0.05) is 24.5 Å². The number of hydrogen-bond acceptors (Lipinski definition) is 4. The van der Waals surface area contributed by atoms with E-state index in [4.69, 9.17) is 5.73 Å². The molecule has 0 unspecified atom stereocenters. The number of aryl methyl sites for hydroxylation is 1. The largest absolute Gasteiger partial charge is 0.326 e. The van der Waals surface area contributed by atoms with Crippen LogP contribution in [0.25, 0.3) is 11.5 Å². The molecule has 0 saturated carbocycles. The summed E-state index contributed by atoms with van der Waals surface area (Å²) in [6, 6.07) is 11.8. The third-order valence-electron chi connectivity index (χ3n) is 3.33. The standard InChI is InChI=1S/C15H14N6/c1-11-13(9-16)15(20-8-7-18-14(20)10-17)21(19-11)12-5-3-2-4-6-12/h2-8H,9,16H2,1H3. The smallest absolute Gasteiger partial charge is 0.218 e. The Balaban J connectivity index is 2.31. The van der Waals surface area contributed by atoms with Crippen molar-refractivity contribution in [1.82, 2.24) is 19.3 Å². The minimum Gasteiger partial charge on any atom is -0.326 e. The fraction of sp³-hybridized carbons (Fsp3) is 0.133. The van der Waals surface area contributed by atoms with Crippen LogP contribution in [0.4, 0.5) is 0 Å². The summed E-state index contributed by atoms with van der Waals surface area (Å²) in [5.74, 6) is 1.07. The van der Waals surface area contributed by atoms with Crippen molar-refractivity contribution in [3.05, 3.63) is 59.8 Å². The number of aromatic nitrogens is 4. The van der Waals surface area contributed by atoms with E-state index < -0.39 is 0 Å². The molecule has 3 rings (SSSR count). The molecule has 0 aliphatic rings. The van der Waals surface area contributed by atoms with Gasteiger partial charge in [-0.15, -0.1) is 0 Å². The molecule has 2 N–H and O–H groups in total. The highest BCUT2D eigenvalue weighted by atomic mass is 15.4. The molecule has 21 heavy (non-hydrogen) atoms. The molecule has 6 nitrogen and oxygen atoms in total. The lowest BCUT2D eigenvalue weighted by atomic mass is 10.2. The summed E-state index contributed by atoms with van der Waals surface area (Å²) in [4.78, 5) is 4.05. The molecule has 6 heteroatoms. The number of para-hydroxylation sites is 1. The van der Waals surface area contributed by atoms with E-state index >= 15 is 0 Å². The van der Waals surface area contributed by atoms with Crippen LogP contribution in [-0.2, 0) is 6.54 Å². The Morgan fingerprint density at radius 3 is 2.71 bits per heavy atom. The van der Waals surface area contributed by atoms with Crippen molar-refractivity contribution in [3.63, 3.8) is 0 Å². The van der Waals surface area contributed by atoms with Gasteiger partial charge in [-0.05, 0) is 19.1 Å². The van der Waals surface area contributed by atoms with E-state index in [9.17, 15) is 5.26 Å². The first-order valence-electron chi connectivity index (χ1n) is 6.54. The van der Waals surface area contributed by atoms with Gasteiger partial charge in [0.1, 0.15) is 11.9 Å². The van der Waals surface area contributed by atoms with Gasteiger partial charge >= 0.3 is 0 Å². The highest BCUT2D eigenvalue weighted by molar-refractivity contribution is 5.47. The van der Waals surface area contributed by atoms with Crippen molar-refractivity contribution in [2.45, 2.75) is 13.5 Å². The Bertz CT molecular complexity index is 807. The van der Waals surface area contributed by atoms with Gasteiger partial charge in [0.05, 0.1) is 11.4 Å². The third kappa shape index (κ3) is 2.10. The number of imidazole rings is 1. The number of hydrogen-bond donors (Lipinski definition) is 1. The molecule has 104 valence electrons. The minimum atomic E-state index is 0.307. The minimum absolute atomic E-state index is 0.307. The van der Waals surface area contributed by atoms with Crippen molar-refractivity contribution in [3.8, 4) is 17.6 Å². The van der Waals surface area contributed by atoms with E-state index in [1.54, 1.807) is 21.6 Å². The Morgan fingerprint density at radius 2 is 2.05 bits per heavy atom. The topological polar surface area (TPSA) is 85.5 Å². The number of benzene rings is 1. The fourth-order valence-corrected chi connectivity index (χ4v) is 2.34. The van der Waals surface area contributed by atoms with E-state index in [0.29, 0.717) is 12.4 Å². The second-order valence-corrected chi connectivity index (χ2v) is 4.57. The van der Waals surface area contributed by atoms with Gasteiger partial charge in [-0.1, -0.05) is 18.2 Å². The second kappa shape index (κ2) is 5.23. The number of rotatable bonds is 3. The molecule has 0 spiro atoms. The summed E-state index contributed by atoms with van der Waals surface area (Å²) in [7, 11) is 0. The molecular weight excluding hydrogens is 264 g/mol. The molecule has 0 bridgehead atoms. The van der Waals surface area contributed by atoms with Crippen LogP contribution in [0, 0.1) is 18.3 Å². The SMILES string of the molecule is Cc1nn(-c2ccccc2)c(-n2ccnc2C#N)c1CN. The number of nitrogens with zero attached hydrogens (tertiary/aromatic N) is 5. The lowest BCUT2D eigenvalue weighted by Crippen LogP contribution is -2.10. The number of nitrogens with two attached hydrogens (primary N) is 1. The van der Waals surface area contributed by atoms with Gasteiger partial charge in [-0.25, -0.2) is 9.67 Å². The average molecular weight is 278 g/mol. The molecule has 0 aliphatic heterocycles. The van der Waals surface area contributed by atoms with Crippen LogP contribution in [0.2, 0.25) is 0 Å². The zero-order valence-corrected chi connectivity index (χ0v) is 11.6. The van der Waals surface area contributed by atoms with E-state index in [2.05, 4.69) is 16.2 Å². The van der Waals surface area contributed by atoms with Crippen molar-refractivity contribution in [2.24, 2.45) is 5.73 Å². The Morgan fingerprint density at radius 1 is 1.29 bits per heavy atom. The second-order valence-electron chi connectivity index (χ2n) is 4.57. The molecule has 0 saturated heterocycles. The summed E-state index contributed by atoms with van der Waals surface area (Å²) < 4.78 is 3.51. The summed E-state index contributed by atoms with van der Waals surface area (Å²) in [5.41, 5.74) is 8.52. The highest BCUT2D eigenvalue weighted by Crippen LogP contribution is 2.23. The zero-order chi connectivity index (χ0) is 14.8. The molecule has 0 aliphatic carbocycles. The van der Waals surface area contributed by atoms with E-state index in [0.717, 1.165) is 22.8 Å². The van der Waals surface area contributed by atoms with Crippen LogP contribution in [0.3, 0.4) is 0 Å². The average Bonchev–Trinajstić information content (AvgIpc) is 3.11. The summed E-state index contributed by atoms with van der Waals surface area (Å²) in [6.07, 6.45) is 3.34. The first-order chi connectivity index (χ1) is 10.3. The van der Waals surface area contributed by atoms with Gasteiger partial charge < -0.3 is 5.73 Å². The van der Waals surface area contributed by atoms with Crippen molar-refractivity contribution >= 4 is 0 Å². The van der Waals surface area contributed by atoms with E-state index in [1.807, 2.05) is 37.3 Å². The molecule has 0 radical (unpaired) electrons. The quantitative estimate of drug-likeness (QED) is 0.790. The molecule has 0 fully saturated rings. The van der Waals surface area contributed by atoms with Gasteiger partial charge in [-0.2, -0.15) is 10.4 Å². The Labute approximate surface area is 122 Å². The predicted octanol–water partition coefficient (Wildman–Crippen LogP) is 1.70. The van der Waals surface area contributed by atoms with Gasteiger partial charge in [-0.3, -0.25) is 4.57 Å². The zero-order valence-electron chi connectivity index (χ0n) is 11.6. The van der Waals surface area contributed by atoms with Crippen LogP contribution in [0.5, 0.6) is 0 Å². The molecule has 2 heterocycles. The van der Waals surface area contributed by atoms with E-state index in [1.165, 1.54) is 0 Å². The van der Waals surface area contributed by atoms with Crippen LogP contribution >= 0.6 is 0 Å². The van der Waals surface area contributed by atoms with E-state index in [-0.39, 0.29) is 0 Å². The summed E-state index contributed by atoms with van der Waals surface area (Å²) in [6.45, 7) is 2.26. The molecule has 0 atom stereocenters. The van der Waals surface area contributed by atoms with Crippen LogP contribution in [0.1, 0.15) is 17.1 Å². The lowest BCUT2D eigenvalue weighted by molar-refractivity contribution is 0.803. The lowest BCUT2D eigenvalue weighted by Gasteiger charge is -2.10. The van der Waals surface area contributed by atoms with Gasteiger partial charge in [0.2, 0.25) is 5.82 Å². The van der Waals surface area contributed by atoms with Crippen LogP contribution in [-0.4, -0.2) is 19.3 Å². The maximum absolute atomic E-state index is 9.21. The Kier molecular flexibility index (Phi) is 3.26. The first kappa shape index (κ1) is 13.1. The number of nitriles is 1. The molecule has 0 amide bonds. The maximum Gasteiger partial charge on any atom is 0.218 e. The van der Waals surface area contributed by atoms with Crippen molar-refractivity contribution in [2.75, 3.05) is 0 Å². The fourth-order valence-electron chi connectivity index (χ4n) is 2.34. The first-order valence-corrected chi connectivity index (χ1v) is 6.54. The summed E-state index contributed by atoms with van der Waals surface area (Å²) in [5, 5.41) is 13.8. The van der Waals surface area contributed by atoms with Crippen LogP contribution in [0.15, 0.2) is 42.7 Å². The molecular formula is C15H14N6. The molecule has 1 aromatic carbocycles. The highest BCUT2D eigenvalue weighted by Gasteiger charge is 2.19. The van der Waals surface area contributed by atoms with Gasteiger partial charge in [0.25, 0.3) is 0 Å². The predicted molar refractivity (Wildman–Crippen MR) is 78.0 cm³/mol. The van der Waals surface area contributed by atoms with Crippen LogP contribution < -0.4 is 5.73 Å². The third-order valence-corrected chi connectivity index (χ3v) is 3.33. The van der Waals surface area contributed by atoms with Crippen molar-refractivity contribution < 1.29 is 0 Å². The van der Waals surface area contributed by atoms with Crippen molar-refractivity contribution in [1.29, 1.82) is 5.26 Å². The Hall–Kier alpha value is -2.91. The molecule has 3 aromatic rings. The monoisotopic (exact) mass is 278 g/mol. The summed E-state index contributed by atoms with van der Waals surface area (Å²) >= 11 is 0. The maximum atomic E-state index is 9.21. The molecule has 2 aromatic heterocycles. The van der Waals surface area contributed by atoms with Gasteiger partial charge in [0.15, 0.2) is 0 Å².